The zero-order chi connectivity index (χ0) is 13.9. The van der Waals surface area contributed by atoms with Crippen LogP contribution in [0.4, 0.5) is 0 Å². The number of rotatable bonds is 5. The molecule has 0 spiro atoms. The fourth-order valence-electron chi connectivity index (χ4n) is 1.99. The van der Waals surface area contributed by atoms with E-state index in [2.05, 4.69) is 0 Å². The highest BCUT2D eigenvalue weighted by Crippen LogP contribution is 2.21. The Bertz CT molecular complexity index is 280. The van der Waals surface area contributed by atoms with Crippen LogP contribution in [0.2, 0.25) is 0 Å². The predicted octanol–water partition coefficient (Wildman–Crippen LogP) is -1.02. The standard InChI is InChI=1S/C12H22O6/c1-6(13)12(17)10(16)5-9(15)11-4-3-8(14)7(2)18-11/h6-8,10-14,16-17H,3-5H2,1-2H3/t6-,7-,8-,10-,11?,12+/m0/s1. The molecule has 6 nitrogen and oxygen atoms in total. The molecule has 0 saturated carbocycles. The number of Topliss-reactive ketones (excluding diaryl/α,β-unsaturated/α-hetero) is 1. The van der Waals surface area contributed by atoms with Gasteiger partial charge in [-0.3, -0.25) is 4.79 Å². The summed E-state index contributed by atoms with van der Waals surface area (Å²) in [4.78, 5) is 11.8. The maximum atomic E-state index is 11.8. The van der Waals surface area contributed by atoms with Crippen LogP contribution >= 0.6 is 0 Å². The predicted molar refractivity (Wildman–Crippen MR) is 62.9 cm³/mol. The Kier molecular flexibility index (Phi) is 5.68. The molecule has 0 aromatic carbocycles. The van der Waals surface area contributed by atoms with E-state index >= 15 is 0 Å². The van der Waals surface area contributed by atoms with Crippen molar-refractivity contribution in [3.8, 4) is 0 Å². The van der Waals surface area contributed by atoms with Gasteiger partial charge in [0.1, 0.15) is 12.2 Å². The number of ketones is 1. The van der Waals surface area contributed by atoms with E-state index in [1.807, 2.05) is 0 Å². The Morgan fingerprint density at radius 3 is 2.44 bits per heavy atom. The van der Waals surface area contributed by atoms with Crippen molar-refractivity contribution in [3.05, 3.63) is 0 Å². The molecule has 0 aliphatic carbocycles. The molecule has 1 heterocycles. The van der Waals surface area contributed by atoms with Crippen molar-refractivity contribution in [2.75, 3.05) is 0 Å². The van der Waals surface area contributed by atoms with Gasteiger partial charge >= 0.3 is 0 Å². The van der Waals surface area contributed by atoms with Gasteiger partial charge in [-0.05, 0) is 26.7 Å². The van der Waals surface area contributed by atoms with Crippen molar-refractivity contribution in [1.29, 1.82) is 0 Å². The molecule has 1 saturated heterocycles. The summed E-state index contributed by atoms with van der Waals surface area (Å²) in [5.74, 6) is -0.319. The van der Waals surface area contributed by atoms with E-state index in [0.29, 0.717) is 12.8 Å². The first-order valence-electron chi connectivity index (χ1n) is 6.23. The van der Waals surface area contributed by atoms with Gasteiger partial charge in [-0.1, -0.05) is 0 Å². The van der Waals surface area contributed by atoms with Gasteiger partial charge in [0.15, 0.2) is 5.78 Å². The van der Waals surface area contributed by atoms with E-state index in [-0.39, 0.29) is 12.2 Å². The molecule has 4 N–H and O–H groups in total. The second-order valence-electron chi connectivity index (χ2n) is 4.94. The summed E-state index contributed by atoms with van der Waals surface area (Å²) < 4.78 is 5.35. The number of hydrogen-bond donors (Lipinski definition) is 4. The minimum Gasteiger partial charge on any atom is -0.391 e. The lowest BCUT2D eigenvalue weighted by atomic mass is 9.95. The Morgan fingerprint density at radius 1 is 1.33 bits per heavy atom. The summed E-state index contributed by atoms with van der Waals surface area (Å²) in [6, 6.07) is 0. The highest BCUT2D eigenvalue weighted by Gasteiger charge is 2.33. The average Bonchev–Trinajstić information content (AvgIpc) is 2.31. The van der Waals surface area contributed by atoms with Crippen LogP contribution in [0.3, 0.4) is 0 Å². The van der Waals surface area contributed by atoms with Crippen LogP contribution in [0.25, 0.3) is 0 Å². The number of aliphatic hydroxyl groups is 4. The monoisotopic (exact) mass is 262 g/mol. The van der Waals surface area contributed by atoms with Crippen LogP contribution in [0.1, 0.15) is 33.1 Å². The van der Waals surface area contributed by atoms with Crippen molar-refractivity contribution < 1.29 is 30.0 Å². The normalized spacial score (nSPS) is 33.8. The maximum absolute atomic E-state index is 11.8. The van der Waals surface area contributed by atoms with E-state index in [1.54, 1.807) is 6.92 Å². The number of ether oxygens (including phenoxy) is 1. The smallest absolute Gasteiger partial charge is 0.164 e. The van der Waals surface area contributed by atoms with E-state index in [4.69, 9.17) is 9.84 Å². The molecular weight excluding hydrogens is 240 g/mol. The van der Waals surface area contributed by atoms with Crippen LogP contribution in [0.5, 0.6) is 0 Å². The molecule has 1 fully saturated rings. The first-order chi connectivity index (χ1) is 8.32. The van der Waals surface area contributed by atoms with Crippen molar-refractivity contribution in [1.82, 2.24) is 0 Å². The van der Waals surface area contributed by atoms with E-state index in [9.17, 15) is 20.1 Å². The van der Waals surface area contributed by atoms with Gasteiger partial charge in [-0.25, -0.2) is 0 Å². The molecular formula is C12H22O6. The second kappa shape index (κ2) is 6.58. The van der Waals surface area contributed by atoms with Gasteiger partial charge in [0.2, 0.25) is 0 Å². The van der Waals surface area contributed by atoms with Gasteiger partial charge in [0.25, 0.3) is 0 Å². The second-order valence-corrected chi connectivity index (χ2v) is 4.94. The van der Waals surface area contributed by atoms with Crippen molar-refractivity contribution in [3.63, 3.8) is 0 Å². The Morgan fingerprint density at radius 2 is 1.94 bits per heavy atom. The molecule has 106 valence electrons. The van der Waals surface area contributed by atoms with Gasteiger partial charge in [-0.15, -0.1) is 0 Å². The third-order valence-electron chi connectivity index (χ3n) is 3.30. The SMILES string of the molecule is C[C@H](O)[C@@H](O)[C@@H](O)CC(=O)C1CC[C@H](O)[C@H](C)O1. The maximum Gasteiger partial charge on any atom is 0.164 e. The van der Waals surface area contributed by atoms with E-state index in [1.165, 1.54) is 6.92 Å². The fraction of sp³-hybridized carbons (Fsp3) is 0.917. The molecule has 0 amide bonds. The van der Waals surface area contributed by atoms with Crippen LogP contribution in [0.15, 0.2) is 0 Å². The number of carbonyl (C=O) groups is 1. The highest BCUT2D eigenvalue weighted by atomic mass is 16.5. The Labute approximate surface area is 106 Å². The van der Waals surface area contributed by atoms with Crippen LogP contribution in [-0.2, 0) is 9.53 Å². The summed E-state index contributed by atoms with van der Waals surface area (Å²) in [6.45, 7) is 3.03. The molecule has 6 heteroatoms. The molecule has 0 radical (unpaired) electrons. The zero-order valence-corrected chi connectivity index (χ0v) is 10.7. The summed E-state index contributed by atoms with van der Waals surface area (Å²) in [5, 5.41) is 37.5. The van der Waals surface area contributed by atoms with Crippen molar-refractivity contribution in [2.24, 2.45) is 0 Å². The lowest BCUT2D eigenvalue weighted by Crippen LogP contribution is -2.43. The fourth-order valence-corrected chi connectivity index (χ4v) is 1.99. The van der Waals surface area contributed by atoms with Crippen LogP contribution in [-0.4, -0.2) is 62.8 Å². The summed E-state index contributed by atoms with van der Waals surface area (Å²) in [6.07, 6.45) is -4.76. The first-order valence-corrected chi connectivity index (χ1v) is 6.23. The number of hydrogen-bond acceptors (Lipinski definition) is 6. The Balaban J connectivity index is 2.46. The van der Waals surface area contributed by atoms with Gasteiger partial charge in [0.05, 0.1) is 24.4 Å². The minimum atomic E-state index is -1.35. The number of aliphatic hydroxyl groups excluding tert-OH is 4. The molecule has 1 aliphatic rings. The largest absolute Gasteiger partial charge is 0.391 e. The minimum absolute atomic E-state index is 0.264. The lowest BCUT2D eigenvalue weighted by Gasteiger charge is -2.31. The molecule has 1 unspecified atom stereocenters. The molecule has 0 aromatic rings. The third kappa shape index (κ3) is 4.00. The molecule has 6 atom stereocenters. The first kappa shape index (κ1) is 15.5. The summed E-state index contributed by atoms with van der Waals surface area (Å²) >= 11 is 0. The molecule has 1 rings (SSSR count). The van der Waals surface area contributed by atoms with Crippen LogP contribution < -0.4 is 0 Å². The highest BCUT2D eigenvalue weighted by molar-refractivity contribution is 5.83. The number of carbonyl (C=O) groups excluding carboxylic acids is 1. The van der Waals surface area contributed by atoms with Crippen molar-refractivity contribution in [2.45, 2.75) is 69.7 Å². The van der Waals surface area contributed by atoms with E-state index in [0.717, 1.165) is 0 Å². The zero-order valence-electron chi connectivity index (χ0n) is 10.7. The average molecular weight is 262 g/mol. The van der Waals surface area contributed by atoms with Crippen molar-refractivity contribution >= 4 is 5.78 Å². The molecule has 0 bridgehead atoms. The third-order valence-corrected chi connectivity index (χ3v) is 3.30. The van der Waals surface area contributed by atoms with E-state index < -0.39 is 36.6 Å². The lowest BCUT2D eigenvalue weighted by molar-refractivity contribution is -0.153. The Hall–Kier alpha value is -0.530. The molecule has 0 aromatic heterocycles. The quantitative estimate of drug-likeness (QED) is 0.505. The van der Waals surface area contributed by atoms with Gasteiger partial charge in [0, 0.05) is 6.42 Å². The topological polar surface area (TPSA) is 107 Å². The molecule has 1 aliphatic heterocycles. The van der Waals surface area contributed by atoms with Gasteiger partial charge in [-0.2, -0.15) is 0 Å². The molecule has 18 heavy (non-hydrogen) atoms. The summed E-state index contributed by atoms with van der Waals surface area (Å²) in [5.41, 5.74) is 0. The van der Waals surface area contributed by atoms with Crippen LogP contribution in [0, 0.1) is 0 Å². The van der Waals surface area contributed by atoms with Gasteiger partial charge < -0.3 is 25.2 Å². The summed E-state index contributed by atoms with van der Waals surface area (Å²) in [7, 11) is 0.